The van der Waals surface area contributed by atoms with Gasteiger partial charge in [-0.1, -0.05) is 23.7 Å². The molecule has 1 N–H and O–H groups in total. The third-order valence-corrected chi connectivity index (χ3v) is 7.59. The van der Waals surface area contributed by atoms with Gasteiger partial charge in [-0.3, -0.25) is 4.79 Å². The summed E-state index contributed by atoms with van der Waals surface area (Å²) in [6.45, 7) is 2.22. The lowest BCUT2D eigenvalue weighted by Crippen LogP contribution is -2.47. The van der Waals surface area contributed by atoms with Crippen LogP contribution in [0.5, 0.6) is 5.95 Å². The second-order valence-corrected chi connectivity index (χ2v) is 10.1. The standard InChI is InChI=1S/C25H24BrClN2O5/c26-23-19-13-22(34-25(31)32)33-21(19)8-7-20(23)28-11-9-18(10-12-28)29(24(30)16-3-4-16)14-15-1-5-17(27)6-2-15/h1-2,5-8,13,16,18H,3-4,9-12,14H2,(H,31,32). The molecule has 7 nitrogen and oxygen atoms in total. The molecule has 0 bridgehead atoms. The maximum absolute atomic E-state index is 13.1. The monoisotopic (exact) mass is 546 g/mol. The Morgan fingerprint density at radius 2 is 1.82 bits per heavy atom. The Balaban J connectivity index is 1.30. The van der Waals surface area contributed by atoms with E-state index in [9.17, 15) is 9.59 Å². The molecule has 0 atom stereocenters. The molecule has 1 amide bonds. The van der Waals surface area contributed by atoms with Crippen LogP contribution in [0.3, 0.4) is 0 Å². The zero-order valence-corrected chi connectivity index (χ0v) is 20.7. The number of rotatable bonds is 6. The summed E-state index contributed by atoms with van der Waals surface area (Å²) in [4.78, 5) is 28.3. The number of hydrogen-bond acceptors (Lipinski definition) is 5. The van der Waals surface area contributed by atoms with Gasteiger partial charge in [-0.05, 0) is 71.4 Å². The summed E-state index contributed by atoms with van der Waals surface area (Å²) < 4.78 is 11.0. The first-order valence-corrected chi connectivity index (χ1v) is 12.5. The molecular formula is C25H24BrClN2O5. The van der Waals surface area contributed by atoms with Gasteiger partial charge in [0.2, 0.25) is 5.91 Å². The number of hydrogen-bond donors (Lipinski definition) is 1. The Labute approximate surface area is 210 Å². The van der Waals surface area contributed by atoms with Crippen LogP contribution in [0, 0.1) is 5.92 Å². The van der Waals surface area contributed by atoms with Crippen LogP contribution < -0.4 is 9.64 Å². The molecule has 1 saturated heterocycles. The predicted octanol–water partition coefficient (Wildman–Crippen LogP) is 6.31. The Morgan fingerprint density at radius 1 is 1.12 bits per heavy atom. The van der Waals surface area contributed by atoms with E-state index < -0.39 is 6.16 Å². The summed E-state index contributed by atoms with van der Waals surface area (Å²) in [6, 6.07) is 13.3. The predicted molar refractivity (Wildman–Crippen MR) is 133 cm³/mol. The third kappa shape index (κ3) is 4.88. The lowest BCUT2D eigenvalue weighted by molar-refractivity contribution is -0.136. The van der Waals surface area contributed by atoms with E-state index in [1.54, 1.807) is 6.07 Å². The van der Waals surface area contributed by atoms with Gasteiger partial charge >= 0.3 is 6.16 Å². The van der Waals surface area contributed by atoms with Crippen LogP contribution in [0.2, 0.25) is 5.02 Å². The smallest absolute Gasteiger partial charge is 0.449 e. The number of carboxylic acid groups (broad SMARTS) is 1. The normalized spacial score (nSPS) is 16.6. The minimum Gasteiger partial charge on any atom is -0.449 e. The van der Waals surface area contributed by atoms with Crippen molar-refractivity contribution in [2.45, 2.75) is 38.3 Å². The second-order valence-electron chi connectivity index (χ2n) is 8.83. The largest absolute Gasteiger partial charge is 0.513 e. The maximum atomic E-state index is 13.1. The summed E-state index contributed by atoms with van der Waals surface area (Å²) >= 11 is 9.70. The van der Waals surface area contributed by atoms with Gasteiger partial charge in [0, 0.05) is 48.1 Å². The van der Waals surface area contributed by atoms with Crippen molar-refractivity contribution in [3.63, 3.8) is 0 Å². The summed E-state index contributed by atoms with van der Waals surface area (Å²) in [5.74, 6) is 0.376. The SMILES string of the molecule is O=C(O)Oc1cc2c(Br)c(N3CCC(N(Cc4ccc(Cl)cc4)C(=O)C4CC4)CC3)ccc2o1. The molecule has 0 spiro atoms. The summed E-state index contributed by atoms with van der Waals surface area (Å²) in [5.41, 5.74) is 2.64. The molecule has 5 rings (SSSR count). The molecule has 1 saturated carbocycles. The van der Waals surface area contributed by atoms with Crippen molar-refractivity contribution in [3.8, 4) is 5.95 Å². The van der Waals surface area contributed by atoms with Crippen LogP contribution in [0.15, 0.2) is 51.4 Å². The van der Waals surface area contributed by atoms with Gasteiger partial charge in [-0.15, -0.1) is 0 Å². The first-order chi connectivity index (χ1) is 16.4. The van der Waals surface area contributed by atoms with Crippen molar-refractivity contribution in [2.24, 2.45) is 5.92 Å². The number of amides is 1. The van der Waals surface area contributed by atoms with E-state index in [-0.39, 0.29) is 23.8 Å². The number of piperidine rings is 1. The Morgan fingerprint density at radius 3 is 2.47 bits per heavy atom. The number of nitrogens with zero attached hydrogens (tertiary/aromatic N) is 2. The molecule has 1 aliphatic carbocycles. The average molecular weight is 548 g/mol. The van der Waals surface area contributed by atoms with E-state index in [0.29, 0.717) is 17.2 Å². The molecule has 178 valence electrons. The van der Waals surface area contributed by atoms with Crippen molar-refractivity contribution in [2.75, 3.05) is 18.0 Å². The van der Waals surface area contributed by atoms with Gasteiger partial charge in [-0.25, -0.2) is 4.79 Å². The topological polar surface area (TPSA) is 83.2 Å². The Kier molecular flexibility index (Phi) is 6.44. The minimum absolute atomic E-state index is 0.0597. The van der Waals surface area contributed by atoms with Gasteiger partial charge in [0.15, 0.2) is 0 Å². The van der Waals surface area contributed by atoms with Crippen LogP contribution >= 0.6 is 27.5 Å². The molecule has 2 heterocycles. The zero-order chi connectivity index (χ0) is 23.8. The quantitative estimate of drug-likeness (QED) is 0.364. The molecule has 3 aromatic rings. The van der Waals surface area contributed by atoms with Gasteiger partial charge in [0.1, 0.15) is 5.58 Å². The van der Waals surface area contributed by atoms with Gasteiger partial charge in [0.25, 0.3) is 5.95 Å². The van der Waals surface area contributed by atoms with E-state index in [4.69, 9.17) is 21.1 Å². The minimum atomic E-state index is -1.42. The van der Waals surface area contributed by atoms with Crippen LogP contribution in [0.4, 0.5) is 10.5 Å². The molecule has 9 heteroatoms. The van der Waals surface area contributed by atoms with E-state index >= 15 is 0 Å². The number of fused-ring (bicyclic) bond motifs is 1. The fourth-order valence-electron chi connectivity index (χ4n) is 4.58. The molecule has 34 heavy (non-hydrogen) atoms. The molecule has 1 aliphatic heterocycles. The summed E-state index contributed by atoms with van der Waals surface area (Å²) in [5, 5.41) is 10.3. The number of anilines is 1. The first kappa shape index (κ1) is 23.1. The molecule has 2 fully saturated rings. The highest BCUT2D eigenvalue weighted by atomic mass is 79.9. The number of benzene rings is 2. The van der Waals surface area contributed by atoms with E-state index in [0.717, 1.165) is 59.9 Å². The number of ether oxygens (including phenoxy) is 1. The van der Waals surface area contributed by atoms with E-state index in [1.165, 1.54) is 0 Å². The van der Waals surface area contributed by atoms with Crippen molar-refractivity contribution in [1.29, 1.82) is 0 Å². The molecule has 0 unspecified atom stereocenters. The molecule has 2 aromatic carbocycles. The summed E-state index contributed by atoms with van der Waals surface area (Å²) in [7, 11) is 0. The van der Waals surface area contributed by atoms with Crippen LogP contribution in [-0.2, 0) is 11.3 Å². The summed E-state index contributed by atoms with van der Waals surface area (Å²) in [6.07, 6.45) is 2.30. The fraction of sp³-hybridized carbons (Fsp3) is 0.360. The highest BCUT2D eigenvalue weighted by Gasteiger charge is 2.37. The molecule has 1 aromatic heterocycles. The molecule has 2 aliphatic rings. The molecule has 0 radical (unpaired) electrons. The van der Waals surface area contributed by atoms with E-state index in [1.807, 2.05) is 36.4 Å². The number of carbonyl (C=O) groups is 2. The van der Waals surface area contributed by atoms with Crippen molar-refractivity contribution in [1.82, 2.24) is 4.90 Å². The lowest BCUT2D eigenvalue weighted by atomic mass is 10.0. The van der Waals surface area contributed by atoms with Crippen LogP contribution in [0.25, 0.3) is 11.0 Å². The highest BCUT2D eigenvalue weighted by Crippen LogP contribution is 2.39. The Hall–Kier alpha value is -2.71. The van der Waals surface area contributed by atoms with Gasteiger partial charge < -0.3 is 24.1 Å². The highest BCUT2D eigenvalue weighted by molar-refractivity contribution is 9.10. The van der Waals surface area contributed by atoms with Crippen molar-refractivity contribution >= 4 is 56.3 Å². The van der Waals surface area contributed by atoms with Gasteiger partial charge in [0.05, 0.1) is 10.2 Å². The van der Waals surface area contributed by atoms with Crippen LogP contribution in [0.1, 0.15) is 31.2 Å². The van der Waals surface area contributed by atoms with Gasteiger partial charge in [-0.2, -0.15) is 0 Å². The second kappa shape index (κ2) is 9.50. The van der Waals surface area contributed by atoms with Crippen LogP contribution in [-0.4, -0.2) is 41.2 Å². The lowest BCUT2D eigenvalue weighted by Gasteiger charge is -2.40. The maximum Gasteiger partial charge on any atom is 0.513 e. The number of furan rings is 1. The number of carbonyl (C=O) groups excluding carboxylic acids is 1. The average Bonchev–Trinajstić information content (AvgIpc) is 3.59. The van der Waals surface area contributed by atoms with Crippen molar-refractivity contribution < 1.29 is 23.8 Å². The Bertz CT molecular complexity index is 1220. The molecular weight excluding hydrogens is 524 g/mol. The zero-order valence-electron chi connectivity index (χ0n) is 18.4. The fourth-order valence-corrected chi connectivity index (χ4v) is 5.40. The number of halogens is 2. The van der Waals surface area contributed by atoms with Crippen molar-refractivity contribution in [3.05, 3.63) is 57.5 Å². The third-order valence-electron chi connectivity index (χ3n) is 6.50. The first-order valence-electron chi connectivity index (χ1n) is 11.3. The van der Waals surface area contributed by atoms with E-state index in [2.05, 4.69) is 30.5 Å².